The Morgan fingerprint density at radius 2 is 1.87 bits per heavy atom. The Morgan fingerprint density at radius 1 is 1.22 bits per heavy atom. The van der Waals surface area contributed by atoms with E-state index in [2.05, 4.69) is 10.3 Å². The Kier molecular flexibility index (Phi) is 4.98. The van der Waals surface area contributed by atoms with Gasteiger partial charge in [-0.05, 0) is 36.2 Å². The normalized spacial score (nSPS) is 12.7. The fourth-order valence-electron chi connectivity index (χ4n) is 2.04. The molecular formula is C16H14F4N2O. The van der Waals surface area contributed by atoms with Gasteiger partial charge < -0.3 is 5.32 Å². The van der Waals surface area contributed by atoms with Crippen LogP contribution in [0.3, 0.4) is 0 Å². The van der Waals surface area contributed by atoms with E-state index in [1.165, 1.54) is 24.4 Å². The highest BCUT2D eigenvalue weighted by Crippen LogP contribution is 2.29. The lowest BCUT2D eigenvalue weighted by atomic mass is 10.1. The van der Waals surface area contributed by atoms with Gasteiger partial charge >= 0.3 is 6.18 Å². The van der Waals surface area contributed by atoms with Crippen LogP contribution in [-0.2, 0) is 17.4 Å². The number of carbonyl (C=O) groups is 1. The Morgan fingerprint density at radius 3 is 2.43 bits per heavy atom. The molecular weight excluding hydrogens is 312 g/mol. The van der Waals surface area contributed by atoms with Gasteiger partial charge in [0.05, 0.1) is 24.2 Å². The highest BCUT2D eigenvalue weighted by Gasteiger charge is 2.29. The summed E-state index contributed by atoms with van der Waals surface area (Å²) < 4.78 is 50.5. The lowest BCUT2D eigenvalue weighted by Gasteiger charge is -2.14. The van der Waals surface area contributed by atoms with Gasteiger partial charge in [0.2, 0.25) is 5.91 Å². The Hall–Kier alpha value is -2.44. The molecule has 1 N–H and O–H groups in total. The van der Waals surface area contributed by atoms with Crippen LogP contribution >= 0.6 is 0 Å². The van der Waals surface area contributed by atoms with Crippen molar-refractivity contribution < 1.29 is 22.4 Å². The van der Waals surface area contributed by atoms with Crippen LogP contribution in [0.15, 0.2) is 42.7 Å². The third kappa shape index (κ3) is 4.77. The molecule has 122 valence electrons. The Labute approximate surface area is 130 Å². The summed E-state index contributed by atoms with van der Waals surface area (Å²) in [5.41, 5.74) is 0.201. The minimum Gasteiger partial charge on any atom is -0.349 e. The molecule has 0 aliphatic heterocycles. The van der Waals surface area contributed by atoms with Crippen LogP contribution in [0.25, 0.3) is 0 Å². The van der Waals surface area contributed by atoms with Crippen LogP contribution in [0.2, 0.25) is 0 Å². The number of pyridine rings is 1. The fraction of sp³-hybridized carbons (Fsp3) is 0.250. The number of carbonyl (C=O) groups excluding carboxylic acids is 1. The van der Waals surface area contributed by atoms with Crippen LogP contribution in [0, 0.1) is 5.82 Å². The van der Waals surface area contributed by atoms with Gasteiger partial charge in [-0.25, -0.2) is 4.39 Å². The molecule has 3 nitrogen and oxygen atoms in total. The van der Waals surface area contributed by atoms with Gasteiger partial charge in [-0.2, -0.15) is 13.2 Å². The van der Waals surface area contributed by atoms with Gasteiger partial charge in [0, 0.05) is 6.20 Å². The SMILES string of the molecule is C[C@@H](NC(=O)Cc1ccc(C(F)(F)F)cc1)c1cncc(F)c1. The van der Waals surface area contributed by atoms with Gasteiger partial charge in [0.15, 0.2) is 0 Å². The first-order chi connectivity index (χ1) is 10.8. The van der Waals surface area contributed by atoms with Crippen molar-refractivity contribution in [3.05, 3.63) is 65.2 Å². The van der Waals surface area contributed by atoms with E-state index < -0.39 is 23.6 Å². The largest absolute Gasteiger partial charge is 0.416 e. The molecule has 2 rings (SSSR count). The van der Waals surface area contributed by atoms with E-state index in [-0.39, 0.29) is 12.3 Å². The van der Waals surface area contributed by atoms with Crippen molar-refractivity contribution in [1.29, 1.82) is 0 Å². The predicted molar refractivity (Wildman–Crippen MR) is 75.9 cm³/mol. The van der Waals surface area contributed by atoms with Crippen molar-refractivity contribution in [3.8, 4) is 0 Å². The quantitative estimate of drug-likeness (QED) is 0.871. The molecule has 1 aromatic carbocycles. The van der Waals surface area contributed by atoms with Crippen molar-refractivity contribution in [2.24, 2.45) is 0 Å². The average molecular weight is 326 g/mol. The molecule has 1 aromatic heterocycles. The number of amides is 1. The van der Waals surface area contributed by atoms with Crippen molar-refractivity contribution >= 4 is 5.91 Å². The molecule has 1 heterocycles. The third-order valence-corrected chi connectivity index (χ3v) is 3.25. The van der Waals surface area contributed by atoms with Crippen molar-refractivity contribution in [1.82, 2.24) is 10.3 Å². The molecule has 0 unspecified atom stereocenters. The molecule has 2 aromatic rings. The average Bonchev–Trinajstić information content (AvgIpc) is 2.46. The minimum absolute atomic E-state index is 0.0643. The van der Waals surface area contributed by atoms with Crippen LogP contribution in [0.4, 0.5) is 17.6 Å². The third-order valence-electron chi connectivity index (χ3n) is 3.25. The van der Waals surface area contributed by atoms with E-state index in [1.807, 2.05) is 0 Å². The van der Waals surface area contributed by atoms with E-state index in [1.54, 1.807) is 6.92 Å². The number of benzene rings is 1. The molecule has 0 bridgehead atoms. The second-order valence-electron chi connectivity index (χ2n) is 5.10. The standard InChI is InChI=1S/C16H14F4N2O/c1-10(12-7-14(17)9-21-8-12)22-15(23)6-11-2-4-13(5-3-11)16(18,19)20/h2-5,7-10H,6H2,1H3,(H,22,23)/t10-/m1/s1. The highest BCUT2D eigenvalue weighted by atomic mass is 19.4. The first-order valence-electron chi connectivity index (χ1n) is 6.81. The van der Waals surface area contributed by atoms with E-state index in [0.717, 1.165) is 18.3 Å². The number of hydrogen-bond donors (Lipinski definition) is 1. The second-order valence-corrected chi connectivity index (χ2v) is 5.10. The van der Waals surface area contributed by atoms with Crippen LogP contribution in [-0.4, -0.2) is 10.9 Å². The van der Waals surface area contributed by atoms with E-state index in [9.17, 15) is 22.4 Å². The van der Waals surface area contributed by atoms with Crippen molar-refractivity contribution in [2.45, 2.75) is 25.6 Å². The lowest BCUT2D eigenvalue weighted by molar-refractivity contribution is -0.137. The zero-order valence-corrected chi connectivity index (χ0v) is 12.2. The zero-order chi connectivity index (χ0) is 17.0. The number of hydrogen-bond acceptors (Lipinski definition) is 2. The van der Waals surface area contributed by atoms with Gasteiger partial charge in [0.1, 0.15) is 5.82 Å². The van der Waals surface area contributed by atoms with E-state index in [4.69, 9.17) is 0 Å². The van der Waals surface area contributed by atoms with Crippen LogP contribution in [0.5, 0.6) is 0 Å². The zero-order valence-electron chi connectivity index (χ0n) is 12.2. The molecule has 1 atom stereocenters. The summed E-state index contributed by atoms with van der Waals surface area (Å²) >= 11 is 0. The highest BCUT2D eigenvalue weighted by molar-refractivity contribution is 5.79. The summed E-state index contributed by atoms with van der Waals surface area (Å²) in [6.07, 6.45) is -1.97. The molecule has 7 heteroatoms. The first kappa shape index (κ1) is 16.9. The molecule has 0 aliphatic carbocycles. The number of nitrogens with zero attached hydrogens (tertiary/aromatic N) is 1. The summed E-state index contributed by atoms with van der Waals surface area (Å²) in [4.78, 5) is 15.6. The summed E-state index contributed by atoms with van der Waals surface area (Å²) in [6.45, 7) is 1.67. The lowest BCUT2D eigenvalue weighted by Crippen LogP contribution is -2.28. The van der Waals surface area contributed by atoms with Crippen molar-refractivity contribution in [2.75, 3.05) is 0 Å². The fourth-order valence-corrected chi connectivity index (χ4v) is 2.04. The molecule has 0 spiro atoms. The topological polar surface area (TPSA) is 42.0 Å². The predicted octanol–water partition coefficient (Wildman–Crippen LogP) is 3.66. The minimum atomic E-state index is -4.40. The maximum Gasteiger partial charge on any atom is 0.416 e. The molecule has 23 heavy (non-hydrogen) atoms. The Bertz CT molecular complexity index is 683. The molecule has 0 aliphatic rings. The number of halogens is 4. The van der Waals surface area contributed by atoms with E-state index >= 15 is 0 Å². The smallest absolute Gasteiger partial charge is 0.349 e. The number of rotatable bonds is 4. The van der Waals surface area contributed by atoms with Gasteiger partial charge in [0.25, 0.3) is 0 Å². The molecule has 0 saturated carbocycles. The summed E-state index contributed by atoms with van der Waals surface area (Å²) in [5.74, 6) is -0.882. The van der Waals surface area contributed by atoms with Crippen molar-refractivity contribution in [3.63, 3.8) is 0 Å². The summed E-state index contributed by atoms with van der Waals surface area (Å²) in [6, 6.07) is 5.19. The summed E-state index contributed by atoms with van der Waals surface area (Å²) in [7, 11) is 0. The molecule has 0 fully saturated rings. The van der Waals surface area contributed by atoms with Gasteiger partial charge in [-0.15, -0.1) is 0 Å². The maximum absolute atomic E-state index is 13.1. The Balaban J connectivity index is 1.97. The van der Waals surface area contributed by atoms with E-state index in [0.29, 0.717) is 11.1 Å². The number of alkyl halides is 3. The molecule has 1 amide bonds. The van der Waals surface area contributed by atoms with Gasteiger partial charge in [-0.1, -0.05) is 12.1 Å². The first-order valence-corrected chi connectivity index (χ1v) is 6.81. The van der Waals surface area contributed by atoms with Gasteiger partial charge in [-0.3, -0.25) is 9.78 Å². The number of aromatic nitrogens is 1. The maximum atomic E-state index is 13.1. The molecule has 0 radical (unpaired) electrons. The second kappa shape index (κ2) is 6.76. The van der Waals surface area contributed by atoms with Crippen LogP contribution < -0.4 is 5.32 Å². The summed E-state index contributed by atoms with van der Waals surface area (Å²) in [5, 5.41) is 2.65. The molecule has 0 saturated heterocycles. The van der Waals surface area contributed by atoms with Crippen LogP contribution in [0.1, 0.15) is 29.7 Å². The monoisotopic (exact) mass is 326 g/mol. The number of nitrogens with one attached hydrogen (secondary N) is 1.